The van der Waals surface area contributed by atoms with E-state index in [1.807, 2.05) is 18.2 Å². The maximum absolute atomic E-state index is 5.22. The Hall–Kier alpha value is -7.50. The molecule has 0 radical (unpaired) electrons. The van der Waals surface area contributed by atoms with E-state index in [1.165, 1.54) is 10.8 Å². The predicted molar refractivity (Wildman–Crippen MR) is 226 cm³/mol. The number of rotatable bonds is 5. The monoisotopic (exact) mass is 701 g/mol. The zero-order chi connectivity index (χ0) is 36.3. The van der Waals surface area contributed by atoms with Gasteiger partial charge < -0.3 is 4.40 Å². The van der Waals surface area contributed by atoms with Gasteiger partial charge in [0.15, 0.2) is 5.82 Å². The van der Waals surface area contributed by atoms with Crippen LogP contribution in [0.5, 0.6) is 0 Å². The molecule has 0 atom stereocenters. The first-order valence-electron chi connectivity index (χ1n) is 18.5. The summed E-state index contributed by atoms with van der Waals surface area (Å²) in [7, 11) is 0. The Labute approximate surface area is 316 Å². The summed E-state index contributed by atoms with van der Waals surface area (Å²) in [5, 5.41) is 6.69. The molecule has 0 saturated heterocycles. The van der Waals surface area contributed by atoms with Gasteiger partial charge in [0, 0.05) is 56.2 Å². The fourth-order valence-electron chi connectivity index (χ4n) is 7.87. The second kappa shape index (κ2) is 12.6. The van der Waals surface area contributed by atoms with E-state index >= 15 is 0 Å². The van der Waals surface area contributed by atoms with Crippen molar-refractivity contribution < 1.29 is 0 Å². The average molecular weight is 702 g/mol. The highest BCUT2D eigenvalue weighted by molar-refractivity contribution is 6.16. The SMILES string of the molecule is c1ccc(-c2cn3ccc4c(-c5ccc(-c6cccc(-c7nc(-c8ccc9ccccc9c8)c8ccccc8n7)c6)cc5)nc5ccccc5c4c3n2)cc1. The maximum Gasteiger partial charge on any atom is 0.160 e. The van der Waals surface area contributed by atoms with E-state index in [9.17, 15) is 0 Å². The van der Waals surface area contributed by atoms with Crippen LogP contribution in [-0.4, -0.2) is 24.3 Å². The van der Waals surface area contributed by atoms with Gasteiger partial charge in [0.2, 0.25) is 0 Å². The van der Waals surface area contributed by atoms with Crippen LogP contribution in [0.3, 0.4) is 0 Å². The number of nitrogens with zero attached hydrogens (tertiary/aromatic N) is 5. The van der Waals surface area contributed by atoms with E-state index in [-0.39, 0.29) is 0 Å². The van der Waals surface area contributed by atoms with Crippen LogP contribution < -0.4 is 0 Å². The summed E-state index contributed by atoms with van der Waals surface area (Å²) in [5.41, 5.74) is 12.0. The summed E-state index contributed by atoms with van der Waals surface area (Å²) in [5.74, 6) is 0.702. The Balaban J connectivity index is 0.992. The van der Waals surface area contributed by atoms with Gasteiger partial charge in [0.05, 0.1) is 28.1 Å². The number of aromatic nitrogens is 5. The Morgan fingerprint density at radius 3 is 1.87 bits per heavy atom. The van der Waals surface area contributed by atoms with Crippen LogP contribution in [0.15, 0.2) is 188 Å². The lowest BCUT2D eigenvalue weighted by molar-refractivity contribution is 1.20. The van der Waals surface area contributed by atoms with Crippen molar-refractivity contribution in [1.82, 2.24) is 24.3 Å². The molecule has 11 rings (SSSR count). The Morgan fingerprint density at radius 2 is 1.02 bits per heavy atom. The number of hydrogen-bond donors (Lipinski definition) is 0. The molecule has 5 nitrogen and oxygen atoms in total. The molecule has 11 aromatic rings. The van der Waals surface area contributed by atoms with Crippen LogP contribution in [0.1, 0.15) is 0 Å². The zero-order valence-electron chi connectivity index (χ0n) is 29.6. The molecule has 4 heterocycles. The first kappa shape index (κ1) is 31.1. The van der Waals surface area contributed by atoms with Crippen molar-refractivity contribution in [3.8, 4) is 56.3 Å². The minimum Gasteiger partial charge on any atom is -0.306 e. The molecule has 0 amide bonds. The van der Waals surface area contributed by atoms with Crippen LogP contribution in [0.4, 0.5) is 0 Å². The molecule has 0 aliphatic carbocycles. The number of para-hydroxylation sites is 2. The average Bonchev–Trinajstić information content (AvgIpc) is 3.71. The van der Waals surface area contributed by atoms with E-state index in [4.69, 9.17) is 19.9 Å². The highest BCUT2D eigenvalue weighted by Gasteiger charge is 2.17. The van der Waals surface area contributed by atoms with Gasteiger partial charge in [0.1, 0.15) is 5.65 Å². The first-order valence-corrected chi connectivity index (χ1v) is 18.5. The van der Waals surface area contributed by atoms with Crippen LogP contribution in [0, 0.1) is 0 Å². The van der Waals surface area contributed by atoms with Crippen molar-refractivity contribution in [3.63, 3.8) is 0 Å². The third kappa shape index (κ3) is 5.33. The van der Waals surface area contributed by atoms with Gasteiger partial charge in [0.25, 0.3) is 0 Å². The lowest BCUT2D eigenvalue weighted by atomic mass is 9.97. The molecule has 4 aromatic heterocycles. The molecule has 0 unspecified atom stereocenters. The molecule has 0 fully saturated rings. The third-order valence-corrected chi connectivity index (χ3v) is 10.6. The summed E-state index contributed by atoms with van der Waals surface area (Å²) in [6, 6.07) is 61.3. The van der Waals surface area contributed by atoms with E-state index in [2.05, 4.69) is 175 Å². The molecular formula is C50H31N5. The number of imidazole rings is 1. The largest absolute Gasteiger partial charge is 0.306 e. The standard InChI is InChI=1S/C50H31N5/c1-2-12-34(13-3-1)45-31-55-28-27-42-46(50(55)53-45)40-17-6-8-19-43(40)51-47(42)35-24-21-33(22-25-35)37-15-10-16-39(30-37)49-52-44-20-9-7-18-41(44)48(54-49)38-26-23-32-11-4-5-14-36(32)29-38/h1-31H. The summed E-state index contributed by atoms with van der Waals surface area (Å²) < 4.78 is 2.13. The first-order chi connectivity index (χ1) is 27.2. The molecular weight excluding hydrogens is 671 g/mol. The van der Waals surface area contributed by atoms with E-state index in [1.54, 1.807) is 0 Å². The summed E-state index contributed by atoms with van der Waals surface area (Å²) in [4.78, 5) is 20.6. The number of benzene rings is 7. The second-order valence-corrected chi connectivity index (χ2v) is 13.9. The molecule has 7 aromatic carbocycles. The molecule has 55 heavy (non-hydrogen) atoms. The van der Waals surface area contributed by atoms with Crippen molar-refractivity contribution in [2.24, 2.45) is 0 Å². The van der Waals surface area contributed by atoms with Crippen molar-refractivity contribution >= 4 is 49.0 Å². The third-order valence-electron chi connectivity index (χ3n) is 10.6. The summed E-state index contributed by atoms with van der Waals surface area (Å²) in [6.07, 6.45) is 4.20. The highest BCUT2D eigenvalue weighted by atomic mass is 15.0. The minimum absolute atomic E-state index is 0.702. The van der Waals surface area contributed by atoms with E-state index < -0.39 is 0 Å². The molecule has 0 saturated carbocycles. The Kier molecular flexibility index (Phi) is 7.10. The van der Waals surface area contributed by atoms with Gasteiger partial charge >= 0.3 is 0 Å². The summed E-state index contributed by atoms with van der Waals surface area (Å²) >= 11 is 0. The van der Waals surface area contributed by atoms with Gasteiger partial charge in [-0.25, -0.2) is 19.9 Å². The fraction of sp³-hybridized carbons (Fsp3) is 0. The van der Waals surface area contributed by atoms with E-state index in [0.717, 1.165) is 88.7 Å². The zero-order valence-corrected chi connectivity index (χ0v) is 29.6. The van der Waals surface area contributed by atoms with Gasteiger partial charge in [-0.2, -0.15) is 0 Å². The Bertz CT molecular complexity index is 3260. The fourth-order valence-corrected chi connectivity index (χ4v) is 7.87. The van der Waals surface area contributed by atoms with Gasteiger partial charge in [-0.05, 0) is 52.2 Å². The quantitative estimate of drug-likeness (QED) is 0.168. The smallest absolute Gasteiger partial charge is 0.160 e. The minimum atomic E-state index is 0.702. The van der Waals surface area contributed by atoms with E-state index in [0.29, 0.717) is 5.82 Å². The van der Waals surface area contributed by atoms with Gasteiger partial charge in [-0.1, -0.05) is 146 Å². The van der Waals surface area contributed by atoms with Crippen LogP contribution in [0.25, 0.3) is 105 Å². The van der Waals surface area contributed by atoms with Gasteiger partial charge in [-0.15, -0.1) is 0 Å². The van der Waals surface area contributed by atoms with Crippen molar-refractivity contribution in [3.05, 3.63) is 188 Å². The topological polar surface area (TPSA) is 56.0 Å². The number of hydrogen-bond acceptors (Lipinski definition) is 4. The van der Waals surface area contributed by atoms with Crippen molar-refractivity contribution in [2.45, 2.75) is 0 Å². The van der Waals surface area contributed by atoms with Crippen molar-refractivity contribution in [1.29, 1.82) is 0 Å². The second-order valence-electron chi connectivity index (χ2n) is 13.9. The van der Waals surface area contributed by atoms with Crippen LogP contribution in [0.2, 0.25) is 0 Å². The summed E-state index contributed by atoms with van der Waals surface area (Å²) in [6.45, 7) is 0. The van der Waals surface area contributed by atoms with Crippen LogP contribution in [-0.2, 0) is 0 Å². The predicted octanol–water partition coefficient (Wildman–Crippen LogP) is 12.5. The molecule has 0 spiro atoms. The molecule has 256 valence electrons. The molecule has 0 N–H and O–H groups in total. The molecule has 5 heteroatoms. The maximum atomic E-state index is 5.22. The number of pyridine rings is 2. The Morgan fingerprint density at radius 1 is 0.364 bits per heavy atom. The molecule has 0 aliphatic heterocycles. The normalized spacial score (nSPS) is 11.6. The van der Waals surface area contributed by atoms with Gasteiger partial charge in [-0.3, -0.25) is 0 Å². The lowest BCUT2D eigenvalue weighted by Crippen LogP contribution is -1.95. The molecule has 0 aliphatic rings. The van der Waals surface area contributed by atoms with Crippen LogP contribution >= 0.6 is 0 Å². The van der Waals surface area contributed by atoms with Crippen molar-refractivity contribution in [2.75, 3.05) is 0 Å². The molecule has 0 bridgehead atoms. The number of fused-ring (bicyclic) bond motifs is 7. The highest BCUT2D eigenvalue weighted by Crippen LogP contribution is 2.37. The lowest BCUT2D eigenvalue weighted by Gasteiger charge is -2.12.